The van der Waals surface area contributed by atoms with Gasteiger partial charge < -0.3 is 14.6 Å². The predicted octanol–water partition coefficient (Wildman–Crippen LogP) is 6.23. The highest BCUT2D eigenvalue weighted by Gasteiger charge is 2.38. The molecule has 0 saturated heterocycles. The topological polar surface area (TPSA) is 62.4 Å². The highest BCUT2D eigenvalue weighted by atomic mass is 19.4. The Bertz CT molecular complexity index is 1200. The molecule has 1 aromatic heterocycles. The summed E-state index contributed by atoms with van der Waals surface area (Å²) in [5.74, 6) is -1.95. The number of rotatable bonds is 8. The van der Waals surface area contributed by atoms with Gasteiger partial charge in [0, 0.05) is 29.7 Å². The second-order valence-electron chi connectivity index (χ2n) is 8.23. The summed E-state index contributed by atoms with van der Waals surface area (Å²) in [6, 6.07) is 7.01. The van der Waals surface area contributed by atoms with Crippen molar-refractivity contribution in [3.8, 4) is 0 Å². The molecule has 3 rings (SSSR count). The molecule has 2 aromatic carbocycles. The molecule has 0 spiro atoms. The minimum atomic E-state index is -5.10. The molecule has 1 N–H and O–H groups in total. The second-order valence-corrected chi connectivity index (χ2v) is 8.23. The van der Waals surface area contributed by atoms with Crippen molar-refractivity contribution in [2.24, 2.45) is 0 Å². The van der Waals surface area contributed by atoms with Crippen molar-refractivity contribution in [1.82, 2.24) is 9.88 Å². The Balaban J connectivity index is 1.85. The zero-order chi connectivity index (χ0) is 26.7. The van der Waals surface area contributed by atoms with E-state index in [1.165, 1.54) is 0 Å². The lowest BCUT2D eigenvalue weighted by atomic mass is 10.0. The maximum atomic E-state index is 13.2. The Hall–Kier alpha value is -3.50. The molecule has 3 aromatic rings. The molecule has 0 aliphatic carbocycles. The van der Waals surface area contributed by atoms with Crippen LogP contribution < -0.4 is 0 Å². The van der Waals surface area contributed by atoms with Gasteiger partial charge in [-0.2, -0.15) is 26.3 Å². The molecule has 1 amide bonds. The predicted molar refractivity (Wildman–Crippen MR) is 120 cm³/mol. The summed E-state index contributed by atoms with van der Waals surface area (Å²) in [7, 11) is 1.16. The van der Waals surface area contributed by atoms with Crippen LogP contribution in [0.25, 0.3) is 10.9 Å². The Kier molecular flexibility index (Phi) is 8.00. The number of amides is 1. The van der Waals surface area contributed by atoms with Crippen LogP contribution in [0.3, 0.4) is 0 Å². The van der Waals surface area contributed by atoms with Crippen molar-refractivity contribution in [2.75, 3.05) is 13.7 Å². The van der Waals surface area contributed by atoms with E-state index in [-0.39, 0.29) is 19.1 Å². The molecule has 1 unspecified atom stereocenters. The van der Waals surface area contributed by atoms with E-state index >= 15 is 0 Å². The average molecular weight is 514 g/mol. The van der Waals surface area contributed by atoms with Gasteiger partial charge in [-0.25, -0.2) is 4.79 Å². The van der Waals surface area contributed by atoms with Gasteiger partial charge >= 0.3 is 18.3 Å². The largest absolute Gasteiger partial charge is 0.464 e. The Morgan fingerprint density at radius 2 is 1.61 bits per heavy atom. The lowest BCUT2D eigenvalue weighted by Gasteiger charge is -2.27. The number of ether oxygens (including phenoxy) is 1. The molecule has 0 saturated carbocycles. The van der Waals surface area contributed by atoms with Crippen LogP contribution in [0.1, 0.15) is 46.8 Å². The Morgan fingerprint density at radius 1 is 1.00 bits per heavy atom. The van der Waals surface area contributed by atoms with Crippen LogP contribution in [0.4, 0.5) is 26.3 Å². The van der Waals surface area contributed by atoms with Gasteiger partial charge in [0.1, 0.15) is 6.04 Å². The molecule has 11 heteroatoms. The molecule has 1 atom stereocenters. The van der Waals surface area contributed by atoms with E-state index in [0.717, 1.165) is 28.4 Å². The number of fused-ring (bicyclic) bond motifs is 1. The first-order chi connectivity index (χ1) is 16.8. The standard InChI is InChI=1S/C25H24F6N2O3/c1-3-36-23(35)21(10-6-7-15-14-32-20-9-5-4-8-19(15)20)33(2)22(34)16-11-17(24(26,27)28)13-18(12-16)25(29,30)31/h4-5,8-9,11-14,21,32H,3,6-7,10H2,1-2H3. The molecule has 5 nitrogen and oxygen atoms in total. The fourth-order valence-electron chi connectivity index (χ4n) is 3.96. The summed E-state index contributed by atoms with van der Waals surface area (Å²) in [5, 5.41) is 0.985. The van der Waals surface area contributed by atoms with Gasteiger partial charge in [0.25, 0.3) is 5.91 Å². The molecule has 1 heterocycles. The van der Waals surface area contributed by atoms with Crippen molar-refractivity contribution in [2.45, 2.75) is 44.6 Å². The first-order valence-electron chi connectivity index (χ1n) is 11.1. The Labute approximate surface area is 203 Å². The van der Waals surface area contributed by atoms with Crippen molar-refractivity contribution < 1.29 is 40.7 Å². The van der Waals surface area contributed by atoms with E-state index in [1.54, 1.807) is 6.92 Å². The second kappa shape index (κ2) is 10.6. The lowest BCUT2D eigenvalue weighted by Crippen LogP contribution is -2.43. The number of halogens is 6. The number of nitrogens with one attached hydrogen (secondary N) is 1. The van der Waals surface area contributed by atoms with Gasteiger partial charge in [0.05, 0.1) is 17.7 Å². The maximum Gasteiger partial charge on any atom is 0.416 e. The van der Waals surface area contributed by atoms with Crippen molar-refractivity contribution in [3.05, 3.63) is 70.9 Å². The number of esters is 1. The number of aromatic amines is 1. The third-order valence-corrected chi connectivity index (χ3v) is 5.78. The molecular formula is C25H24F6N2O3. The van der Waals surface area contributed by atoms with Crippen LogP contribution in [0.5, 0.6) is 0 Å². The van der Waals surface area contributed by atoms with Crippen LogP contribution >= 0.6 is 0 Å². The fraction of sp³-hybridized carbons (Fsp3) is 0.360. The lowest BCUT2D eigenvalue weighted by molar-refractivity contribution is -0.148. The van der Waals surface area contributed by atoms with E-state index in [1.807, 2.05) is 30.5 Å². The van der Waals surface area contributed by atoms with E-state index < -0.39 is 47.0 Å². The average Bonchev–Trinajstić information content (AvgIpc) is 3.22. The van der Waals surface area contributed by atoms with Gasteiger partial charge in [-0.3, -0.25) is 4.79 Å². The van der Waals surface area contributed by atoms with Crippen LogP contribution in [0.15, 0.2) is 48.7 Å². The van der Waals surface area contributed by atoms with Gasteiger partial charge in [-0.1, -0.05) is 18.2 Å². The van der Waals surface area contributed by atoms with Crippen molar-refractivity contribution >= 4 is 22.8 Å². The molecular weight excluding hydrogens is 490 g/mol. The highest BCUT2D eigenvalue weighted by molar-refractivity contribution is 5.97. The first kappa shape index (κ1) is 27.1. The van der Waals surface area contributed by atoms with E-state index in [0.29, 0.717) is 25.0 Å². The SMILES string of the molecule is CCOC(=O)C(CCCc1c[nH]c2ccccc12)N(C)C(=O)c1cc(C(F)(F)F)cc(C(F)(F)F)c1. The third-order valence-electron chi connectivity index (χ3n) is 5.78. The van der Waals surface area contributed by atoms with Gasteiger partial charge in [0.15, 0.2) is 0 Å². The van der Waals surface area contributed by atoms with Gasteiger partial charge in [0.2, 0.25) is 0 Å². The molecule has 0 radical (unpaired) electrons. The summed E-state index contributed by atoms with van der Waals surface area (Å²) >= 11 is 0. The zero-order valence-corrected chi connectivity index (χ0v) is 19.5. The van der Waals surface area contributed by atoms with Crippen LogP contribution in [0.2, 0.25) is 0 Å². The fourth-order valence-corrected chi connectivity index (χ4v) is 3.96. The van der Waals surface area contributed by atoms with Crippen molar-refractivity contribution in [3.63, 3.8) is 0 Å². The van der Waals surface area contributed by atoms with Crippen LogP contribution in [0, 0.1) is 0 Å². The number of nitrogens with zero attached hydrogens (tertiary/aromatic N) is 1. The number of H-pyrrole nitrogens is 1. The summed E-state index contributed by atoms with van der Waals surface area (Å²) in [6.45, 7) is 1.53. The number of hydrogen-bond acceptors (Lipinski definition) is 3. The first-order valence-corrected chi connectivity index (χ1v) is 11.1. The molecule has 0 fully saturated rings. The zero-order valence-electron chi connectivity index (χ0n) is 19.5. The number of carbonyl (C=O) groups excluding carboxylic acids is 2. The van der Waals surface area contributed by atoms with Crippen molar-refractivity contribution in [1.29, 1.82) is 0 Å². The van der Waals surface area contributed by atoms with E-state index in [2.05, 4.69) is 4.98 Å². The number of para-hydroxylation sites is 1. The smallest absolute Gasteiger partial charge is 0.416 e. The summed E-state index contributed by atoms with van der Waals surface area (Å²) < 4.78 is 84.4. The van der Waals surface area contributed by atoms with Gasteiger partial charge in [-0.15, -0.1) is 0 Å². The van der Waals surface area contributed by atoms with Crippen LogP contribution in [-0.2, 0) is 28.3 Å². The molecule has 0 bridgehead atoms. The number of hydrogen-bond donors (Lipinski definition) is 1. The number of benzene rings is 2. The molecule has 0 aliphatic heterocycles. The quantitative estimate of drug-likeness (QED) is 0.286. The minimum absolute atomic E-state index is 0.0123. The minimum Gasteiger partial charge on any atom is -0.464 e. The number of carbonyl (C=O) groups is 2. The number of alkyl halides is 6. The van der Waals surface area contributed by atoms with E-state index in [9.17, 15) is 35.9 Å². The highest BCUT2D eigenvalue weighted by Crippen LogP contribution is 2.36. The molecule has 0 aliphatic rings. The third kappa shape index (κ3) is 6.19. The maximum absolute atomic E-state index is 13.2. The summed E-state index contributed by atoms with van der Waals surface area (Å²) in [6.07, 6.45) is -7.38. The van der Waals surface area contributed by atoms with E-state index in [4.69, 9.17) is 4.74 Å². The summed E-state index contributed by atoms with van der Waals surface area (Å²) in [5.41, 5.74) is -2.16. The number of likely N-dealkylation sites (N-methyl/N-ethyl adjacent to an activating group) is 1. The molecule has 36 heavy (non-hydrogen) atoms. The normalized spacial score (nSPS) is 13.0. The number of aryl methyl sites for hydroxylation is 1. The Morgan fingerprint density at radius 3 is 2.19 bits per heavy atom. The monoisotopic (exact) mass is 514 g/mol. The summed E-state index contributed by atoms with van der Waals surface area (Å²) in [4.78, 5) is 29.6. The van der Waals surface area contributed by atoms with Crippen LogP contribution in [-0.4, -0.2) is 41.5 Å². The number of aromatic nitrogens is 1. The molecule has 194 valence electrons. The van der Waals surface area contributed by atoms with Gasteiger partial charge in [-0.05, 0) is 56.0 Å².